The van der Waals surface area contributed by atoms with Crippen LogP contribution in [0.15, 0.2) is 15.6 Å². The summed E-state index contributed by atoms with van der Waals surface area (Å²) in [4.78, 5) is 3.76. The molecule has 0 radical (unpaired) electrons. The van der Waals surface area contributed by atoms with E-state index in [9.17, 15) is 0 Å². The number of guanidine groups is 1. The van der Waals surface area contributed by atoms with Gasteiger partial charge in [-0.1, -0.05) is 5.16 Å². The molecule has 1 rings (SSSR count). The molecule has 0 saturated heterocycles. The zero-order valence-corrected chi connectivity index (χ0v) is 6.24. The number of rotatable bonds is 2. The molecule has 0 aromatic carbocycles. The van der Waals surface area contributed by atoms with E-state index in [2.05, 4.69) is 10.1 Å². The third-order valence-electron chi connectivity index (χ3n) is 1.10. The molecule has 0 bridgehead atoms. The van der Waals surface area contributed by atoms with Gasteiger partial charge in [-0.2, -0.15) is 0 Å². The molecule has 4 N–H and O–H groups in total. The van der Waals surface area contributed by atoms with Gasteiger partial charge >= 0.3 is 0 Å². The lowest BCUT2D eigenvalue weighted by Gasteiger charge is -1.87. The first-order valence-electron chi connectivity index (χ1n) is 3.16. The smallest absolute Gasteiger partial charge is 0.186 e. The SMILES string of the molecule is Cc1cc(CN=C(N)N)no1. The summed E-state index contributed by atoms with van der Waals surface area (Å²) >= 11 is 0. The molecule has 60 valence electrons. The largest absolute Gasteiger partial charge is 0.370 e. The van der Waals surface area contributed by atoms with E-state index in [4.69, 9.17) is 16.0 Å². The monoisotopic (exact) mass is 154 g/mol. The van der Waals surface area contributed by atoms with Crippen LogP contribution < -0.4 is 11.5 Å². The van der Waals surface area contributed by atoms with Crippen LogP contribution in [0.2, 0.25) is 0 Å². The van der Waals surface area contributed by atoms with E-state index in [0.717, 1.165) is 11.5 Å². The van der Waals surface area contributed by atoms with E-state index in [0.29, 0.717) is 6.54 Å². The molecule has 0 aliphatic heterocycles. The van der Waals surface area contributed by atoms with Crippen LogP contribution in [0.1, 0.15) is 11.5 Å². The minimum absolute atomic E-state index is 0.0608. The number of hydrogen-bond donors (Lipinski definition) is 2. The maximum Gasteiger partial charge on any atom is 0.186 e. The van der Waals surface area contributed by atoms with Gasteiger partial charge in [-0.15, -0.1) is 0 Å². The van der Waals surface area contributed by atoms with Gasteiger partial charge in [0.2, 0.25) is 0 Å². The van der Waals surface area contributed by atoms with Gasteiger partial charge in [0.05, 0.1) is 6.54 Å². The average Bonchev–Trinajstić information content (AvgIpc) is 2.31. The van der Waals surface area contributed by atoms with Crippen LogP contribution in [0.4, 0.5) is 0 Å². The van der Waals surface area contributed by atoms with Crippen molar-refractivity contribution in [1.82, 2.24) is 5.16 Å². The molecule has 5 nitrogen and oxygen atoms in total. The van der Waals surface area contributed by atoms with Crippen LogP contribution in [0, 0.1) is 6.92 Å². The second-order valence-corrected chi connectivity index (χ2v) is 2.17. The summed E-state index contributed by atoms with van der Waals surface area (Å²) in [7, 11) is 0. The Kier molecular flexibility index (Phi) is 2.10. The quantitative estimate of drug-likeness (QED) is 0.454. The molecule has 0 saturated carbocycles. The predicted octanol–water partition coefficient (Wildman–Crippen LogP) is -0.244. The van der Waals surface area contributed by atoms with Crippen molar-refractivity contribution in [3.63, 3.8) is 0 Å². The molecule has 1 aromatic heterocycles. The molecular weight excluding hydrogens is 144 g/mol. The Bertz CT molecular complexity index is 261. The van der Waals surface area contributed by atoms with Gasteiger partial charge < -0.3 is 16.0 Å². The number of aliphatic imine (C=N–C) groups is 1. The van der Waals surface area contributed by atoms with E-state index >= 15 is 0 Å². The van der Waals surface area contributed by atoms with Crippen molar-refractivity contribution in [2.24, 2.45) is 16.5 Å². The first-order chi connectivity index (χ1) is 5.18. The fraction of sp³-hybridized carbons (Fsp3) is 0.333. The normalized spacial score (nSPS) is 9.55. The van der Waals surface area contributed by atoms with Crippen LogP contribution in [0.5, 0.6) is 0 Å². The minimum Gasteiger partial charge on any atom is -0.370 e. The molecule has 0 amide bonds. The molecule has 1 aromatic rings. The first kappa shape index (κ1) is 7.59. The number of nitrogens with two attached hydrogens (primary N) is 2. The van der Waals surface area contributed by atoms with Crippen molar-refractivity contribution in [3.05, 3.63) is 17.5 Å². The molecule has 5 heteroatoms. The van der Waals surface area contributed by atoms with E-state index in [-0.39, 0.29) is 5.96 Å². The maximum atomic E-state index is 5.12. The van der Waals surface area contributed by atoms with Gasteiger partial charge in [0.25, 0.3) is 0 Å². The molecular formula is C6H10N4O. The zero-order valence-electron chi connectivity index (χ0n) is 6.24. The van der Waals surface area contributed by atoms with Crippen LogP contribution in [-0.4, -0.2) is 11.1 Å². The highest BCUT2D eigenvalue weighted by Crippen LogP contribution is 2.01. The summed E-state index contributed by atoms with van der Waals surface area (Å²) in [5, 5.41) is 3.69. The third kappa shape index (κ3) is 2.29. The van der Waals surface area contributed by atoms with Crippen molar-refractivity contribution in [1.29, 1.82) is 0 Å². The Morgan fingerprint density at radius 2 is 2.45 bits per heavy atom. The van der Waals surface area contributed by atoms with Crippen molar-refractivity contribution in [3.8, 4) is 0 Å². The first-order valence-corrected chi connectivity index (χ1v) is 3.16. The van der Waals surface area contributed by atoms with Gasteiger partial charge in [0.15, 0.2) is 5.96 Å². The van der Waals surface area contributed by atoms with Crippen molar-refractivity contribution >= 4 is 5.96 Å². The molecule has 0 spiro atoms. The Hall–Kier alpha value is -1.52. The summed E-state index contributed by atoms with van der Waals surface area (Å²) in [6.45, 7) is 2.19. The molecule has 0 atom stereocenters. The van der Waals surface area contributed by atoms with E-state index in [1.807, 2.05) is 6.92 Å². The van der Waals surface area contributed by atoms with E-state index < -0.39 is 0 Å². The number of nitrogens with zero attached hydrogens (tertiary/aromatic N) is 2. The molecule has 1 heterocycles. The van der Waals surface area contributed by atoms with Crippen LogP contribution in [0.3, 0.4) is 0 Å². The Morgan fingerprint density at radius 3 is 2.91 bits per heavy atom. The second-order valence-electron chi connectivity index (χ2n) is 2.17. The lowest BCUT2D eigenvalue weighted by atomic mass is 10.4. The summed E-state index contributed by atoms with van der Waals surface area (Å²) in [6.07, 6.45) is 0. The van der Waals surface area contributed by atoms with Crippen LogP contribution in [0.25, 0.3) is 0 Å². The Labute approximate surface area is 64.1 Å². The summed E-state index contributed by atoms with van der Waals surface area (Å²) < 4.78 is 4.80. The number of hydrogen-bond acceptors (Lipinski definition) is 3. The zero-order chi connectivity index (χ0) is 8.27. The highest BCUT2D eigenvalue weighted by Gasteiger charge is 1.97. The van der Waals surface area contributed by atoms with Crippen molar-refractivity contribution in [2.45, 2.75) is 13.5 Å². The van der Waals surface area contributed by atoms with E-state index in [1.54, 1.807) is 6.07 Å². The minimum atomic E-state index is 0.0608. The number of aryl methyl sites for hydroxylation is 1. The fourth-order valence-corrected chi connectivity index (χ4v) is 0.665. The topological polar surface area (TPSA) is 90.4 Å². The molecule has 11 heavy (non-hydrogen) atoms. The van der Waals surface area contributed by atoms with Crippen molar-refractivity contribution in [2.75, 3.05) is 0 Å². The van der Waals surface area contributed by atoms with Gasteiger partial charge in [0.1, 0.15) is 11.5 Å². The molecule has 0 fully saturated rings. The van der Waals surface area contributed by atoms with Gasteiger partial charge in [-0.05, 0) is 6.92 Å². The number of aromatic nitrogens is 1. The van der Waals surface area contributed by atoms with Gasteiger partial charge in [0, 0.05) is 6.07 Å². The molecule has 0 aliphatic carbocycles. The highest BCUT2D eigenvalue weighted by atomic mass is 16.5. The van der Waals surface area contributed by atoms with Crippen LogP contribution >= 0.6 is 0 Å². The van der Waals surface area contributed by atoms with Gasteiger partial charge in [-0.3, -0.25) is 0 Å². The highest BCUT2D eigenvalue weighted by molar-refractivity contribution is 5.75. The summed E-state index contributed by atoms with van der Waals surface area (Å²) in [5.41, 5.74) is 11.0. The third-order valence-corrected chi connectivity index (χ3v) is 1.10. The fourth-order valence-electron chi connectivity index (χ4n) is 0.665. The standard InChI is InChI=1S/C6H10N4O/c1-4-2-5(10-11-4)3-9-6(7)8/h2H,3H2,1H3,(H4,7,8,9). The van der Waals surface area contributed by atoms with Crippen LogP contribution in [-0.2, 0) is 6.54 Å². The average molecular weight is 154 g/mol. The van der Waals surface area contributed by atoms with Gasteiger partial charge in [-0.25, -0.2) is 4.99 Å². The van der Waals surface area contributed by atoms with Crippen molar-refractivity contribution < 1.29 is 4.52 Å². The second kappa shape index (κ2) is 3.05. The maximum absolute atomic E-state index is 5.12. The summed E-state index contributed by atoms with van der Waals surface area (Å²) in [6, 6.07) is 1.78. The van der Waals surface area contributed by atoms with E-state index in [1.165, 1.54) is 0 Å². The molecule has 0 unspecified atom stereocenters. The lowest BCUT2D eigenvalue weighted by molar-refractivity contribution is 0.391. The summed E-state index contributed by atoms with van der Waals surface area (Å²) in [5.74, 6) is 0.816. The Morgan fingerprint density at radius 1 is 1.73 bits per heavy atom. The lowest BCUT2D eigenvalue weighted by Crippen LogP contribution is -2.22. The Balaban J connectivity index is 2.58. The predicted molar refractivity (Wildman–Crippen MR) is 40.8 cm³/mol. The molecule has 0 aliphatic rings.